The molecule has 28 heavy (non-hydrogen) atoms. The third-order valence-corrected chi connectivity index (χ3v) is 5.44. The van der Waals surface area contributed by atoms with Crippen LogP contribution in [0.15, 0.2) is 28.7 Å². The molecule has 4 rings (SSSR count). The van der Waals surface area contributed by atoms with Gasteiger partial charge in [0.2, 0.25) is 6.10 Å². The highest BCUT2D eigenvalue weighted by molar-refractivity contribution is 5.97. The number of hydrogen-bond donors (Lipinski definition) is 0. The number of furan rings is 1. The van der Waals surface area contributed by atoms with Crippen LogP contribution in [0.25, 0.3) is 0 Å². The van der Waals surface area contributed by atoms with E-state index in [1.54, 1.807) is 15.9 Å². The molecule has 2 aromatic rings. The highest BCUT2D eigenvalue weighted by Gasteiger charge is 2.34. The second-order valence-corrected chi connectivity index (χ2v) is 7.20. The number of rotatable bonds is 2. The van der Waals surface area contributed by atoms with Crippen molar-refractivity contribution in [2.45, 2.75) is 26.9 Å². The van der Waals surface area contributed by atoms with Gasteiger partial charge in [-0.3, -0.25) is 9.59 Å². The lowest BCUT2D eigenvalue weighted by atomic mass is 10.1. The lowest BCUT2D eigenvalue weighted by Crippen LogP contribution is -2.55. The average Bonchev–Trinajstić information content (AvgIpc) is 2.98. The van der Waals surface area contributed by atoms with E-state index in [1.165, 1.54) is 0 Å². The van der Waals surface area contributed by atoms with Crippen LogP contribution in [-0.4, -0.2) is 60.5 Å². The number of nitrogens with zero attached hydrogens (tertiary/aromatic N) is 2. The van der Waals surface area contributed by atoms with Gasteiger partial charge >= 0.3 is 0 Å². The highest BCUT2D eigenvalue weighted by Crippen LogP contribution is 2.31. The third-order valence-electron chi connectivity index (χ3n) is 5.44. The van der Waals surface area contributed by atoms with Gasteiger partial charge in [-0.1, -0.05) is 12.1 Å². The maximum Gasteiger partial charge on any atom is 0.267 e. The molecule has 0 radical (unpaired) electrons. The zero-order valence-electron chi connectivity index (χ0n) is 16.4. The van der Waals surface area contributed by atoms with E-state index < -0.39 is 6.10 Å². The van der Waals surface area contributed by atoms with E-state index in [9.17, 15) is 9.59 Å². The van der Waals surface area contributed by atoms with Crippen molar-refractivity contribution in [3.05, 3.63) is 46.9 Å². The van der Waals surface area contributed by atoms with Crippen molar-refractivity contribution in [3.8, 4) is 11.5 Å². The van der Waals surface area contributed by atoms with E-state index in [-0.39, 0.29) is 18.4 Å². The topological polar surface area (TPSA) is 72.2 Å². The van der Waals surface area contributed by atoms with Crippen molar-refractivity contribution in [1.29, 1.82) is 0 Å². The summed E-state index contributed by atoms with van der Waals surface area (Å²) in [7, 11) is 0. The lowest BCUT2D eigenvalue weighted by Gasteiger charge is -2.37. The third kappa shape index (κ3) is 3.21. The molecule has 1 fully saturated rings. The van der Waals surface area contributed by atoms with E-state index in [0.29, 0.717) is 49.0 Å². The number of amides is 2. The van der Waals surface area contributed by atoms with Gasteiger partial charge in [0.15, 0.2) is 11.5 Å². The summed E-state index contributed by atoms with van der Waals surface area (Å²) < 4.78 is 17.0. The van der Waals surface area contributed by atoms with Gasteiger partial charge in [-0.2, -0.15) is 0 Å². The van der Waals surface area contributed by atoms with E-state index in [4.69, 9.17) is 13.9 Å². The van der Waals surface area contributed by atoms with Crippen molar-refractivity contribution in [1.82, 2.24) is 9.80 Å². The normalized spacial score (nSPS) is 18.9. The van der Waals surface area contributed by atoms with Crippen molar-refractivity contribution in [2.75, 3.05) is 32.8 Å². The minimum atomic E-state index is -0.654. The SMILES string of the molecule is Cc1oc(C)c(C(=O)N2CCN(C(=O)[C@H]3COc4ccccc4O3)CC2)c1C. The smallest absolute Gasteiger partial charge is 0.267 e. The predicted octanol–water partition coefficient (Wildman–Crippen LogP) is 2.33. The first-order valence-electron chi connectivity index (χ1n) is 9.49. The summed E-state index contributed by atoms with van der Waals surface area (Å²) in [5, 5.41) is 0. The quantitative estimate of drug-likeness (QED) is 0.795. The molecule has 1 aromatic carbocycles. The fourth-order valence-electron chi connectivity index (χ4n) is 3.74. The van der Waals surface area contributed by atoms with E-state index >= 15 is 0 Å². The van der Waals surface area contributed by atoms with Crippen molar-refractivity contribution in [2.24, 2.45) is 0 Å². The van der Waals surface area contributed by atoms with Crippen molar-refractivity contribution >= 4 is 11.8 Å². The Hall–Kier alpha value is -2.96. The molecular formula is C21H24N2O5. The van der Waals surface area contributed by atoms with Gasteiger partial charge in [-0.05, 0) is 32.9 Å². The predicted molar refractivity (Wildman–Crippen MR) is 102 cm³/mol. The highest BCUT2D eigenvalue weighted by atomic mass is 16.6. The first kappa shape index (κ1) is 18.4. The molecule has 0 aliphatic carbocycles. The van der Waals surface area contributed by atoms with E-state index in [1.807, 2.05) is 39.0 Å². The van der Waals surface area contributed by atoms with Gasteiger partial charge in [0.25, 0.3) is 11.8 Å². The van der Waals surface area contributed by atoms with Crippen molar-refractivity contribution < 1.29 is 23.5 Å². The van der Waals surface area contributed by atoms with Crippen LogP contribution in [0.5, 0.6) is 11.5 Å². The Kier molecular flexibility index (Phi) is 4.75. The maximum absolute atomic E-state index is 12.9. The monoisotopic (exact) mass is 384 g/mol. The van der Waals surface area contributed by atoms with Gasteiger partial charge in [0.05, 0.1) is 5.56 Å². The van der Waals surface area contributed by atoms with Crippen molar-refractivity contribution in [3.63, 3.8) is 0 Å². The number of carbonyl (C=O) groups excluding carboxylic acids is 2. The van der Waals surface area contributed by atoms with Crippen LogP contribution in [0, 0.1) is 20.8 Å². The first-order chi connectivity index (χ1) is 13.5. The van der Waals surface area contributed by atoms with E-state index in [2.05, 4.69) is 0 Å². The van der Waals surface area contributed by atoms with Crippen LogP contribution in [0.3, 0.4) is 0 Å². The number of fused-ring (bicyclic) bond motifs is 1. The molecule has 2 aliphatic rings. The molecule has 7 nitrogen and oxygen atoms in total. The van der Waals surface area contributed by atoms with Crippen LogP contribution in [0.2, 0.25) is 0 Å². The minimum Gasteiger partial charge on any atom is -0.485 e. The number of hydrogen-bond acceptors (Lipinski definition) is 5. The van der Waals surface area contributed by atoms with Crippen LogP contribution in [0.4, 0.5) is 0 Å². The number of piperazine rings is 1. The van der Waals surface area contributed by atoms with Gasteiger partial charge in [-0.15, -0.1) is 0 Å². The first-order valence-corrected chi connectivity index (χ1v) is 9.49. The van der Waals surface area contributed by atoms with E-state index in [0.717, 1.165) is 11.3 Å². The maximum atomic E-state index is 12.9. The molecule has 0 saturated carbocycles. The second kappa shape index (κ2) is 7.22. The Balaban J connectivity index is 1.38. The Morgan fingerprint density at radius 1 is 0.929 bits per heavy atom. The molecule has 1 saturated heterocycles. The fourth-order valence-corrected chi connectivity index (χ4v) is 3.74. The Bertz CT molecular complexity index is 912. The average molecular weight is 384 g/mol. The van der Waals surface area contributed by atoms with Gasteiger partial charge in [0.1, 0.15) is 18.1 Å². The minimum absolute atomic E-state index is 0.0369. The molecule has 0 N–H and O–H groups in total. The Labute approximate surface area is 163 Å². The standard InChI is InChI=1S/C21H24N2O5/c1-13-14(2)27-15(3)19(13)21(25)23-10-8-22(9-11-23)20(24)18-12-26-16-6-4-5-7-17(16)28-18/h4-7,18H,8-12H2,1-3H3/t18-/m1/s1. The Morgan fingerprint density at radius 2 is 1.57 bits per heavy atom. The molecule has 7 heteroatoms. The molecule has 2 aliphatic heterocycles. The summed E-state index contributed by atoms with van der Waals surface area (Å²) in [6.45, 7) is 7.68. The van der Waals surface area contributed by atoms with Gasteiger partial charge in [-0.25, -0.2) is 0 Å². The molecule has 148 valence electrons. The summed E-state index contributed by atoms with van der Waals surface area (Å²) in [6.07, 6.45) is -0.654. The number of ether oxygens (including phenoxy) is 2. The van der Waals surface area contributed by atoms with Crippen LogP contribution in [0.1, 0.15) is 27.4 Å². The second-order valence-electron chi connectivity index (χ2n) is 7.20. The van der Waals surface area contributed by atoms with Gasteiger partial charge < -0.3 is 23.7 Å². The number of carbonyl (C=O) groups is 2. The molecular weight excluding hydrogens is 360 g/mol. The molecule has 0 bridgehead atoms. The summed E-state index contributed by atoms with van der Waals surface area (Å²) in [5.74, 6) is 2.51. The molecule has 2 amide bonds. The molecule has 0 unspecified atom stereocenters. The zero-order valence-corrected chi connectivity index (χ0v) is 16.4. The number of aryl methyl sites for hydroxylation is 2. The van der Waals surface area contributed by atoms with Crippen LogP contribution >= 0.6 is 0 Å². The largest absolute Gasteiger partial charge is 0.485 e. The zero-order chi connectivity index (χ0) is 19.8. The summed E-state index contributed by atoms with van der Waals surface area (Å²) in [4.78, 5) is 29.2. The molecule has 1 atom stereocenters. The summed E-state index contributed by atoms with van der Waals surface area (Å²) >= 11 is 0. The number of para-hydroxylation sites is 2. The fraction of sp³-hybridized carbons (Fsp3) is 0.429. The van der Waals surface area contributed by atoms with Gasteiger partial charge in [0, 0.05) is 31.7 Å². The Morgan fingerprint density at radius 3 is 2.21 bits per heavy atom. The molecule has 0 spiro atoms. The van der Waals surface area contributed by atoms with Crippen LogP contribution in [-0.2, 0) is 4.79 Å². The summed E-state index contributed by atoms with van der Waals surface area (Å²) in [6, 6.07) is 7.33. The number of benzene rings is 1. The summed E-state index contributed by atoms with van der Waals surface area (Å²) in [5.41, 5.74) is 1.52. The van der Waals surface area contributed by atoms with Crippen LogP contribution < -0.4 is 9.47 Å². The molecule has 1 aromatic heterocycles. The lowest BCUT2D eigenvalue weighted by molar-refractivity contribution is -0.142. The molecule has 3 heterocycles.